The second kappa shape index (κ2) is 7.81. The van der Waals surface area contributed by atoms with Gasteiger partial charge in [0.1, 0.15) is 5.69 Å². The molecule has 0 spiro atoms. The second-order valence-corrected chi connectivity index (χ2v) is 10.3. The summed E-state index contributed by atoms with van der Waals surface area (Å²) < 4.78 is 24.0. The third-order valence-electron chi connectivity index (χ3n) is 6.03. The fraction of sp³-hybridized carbons (Fsp3) is 0.200. The molecule has 0 saturated carbocycles. The Morgan fingerprint density at radius 3 is 2.81 bits per heavy atom. The molecule has 1 aromatic heterocycles. The van der Waals surface area contributed by atoms with Gasteiger partial charge in [0.25, 0.3) is 0 Å². The van der Waals surface area contributed by atoms with Gasteiger partial charge in [-0.2, -0.15) is 10.4 Å². The molecular weight excluding hydrogens is 420 g/mol. The number of aromatic amines is 1. The first-order valence-electron chi connectivity index (χ1n) is 10.5. The van der Waals surface area contributed by atoms with E-state index in [-0.39, 0.29) is 10.9 Å². The molecule has 0 saturated heterocycles. The molecule has 1 heterocycles. The summed E-state index contributed by atoms with van der Waals surface area (Å²) in [4.78, 5) is 0.274. The number of aryl methyl sites for hydroxylation is 1. The number of H-pyrrole nitrogens is 1. The van der Waals surface area contributed by atoms with Crippen LogP contribution in [0.1, 0.15) is 35.6 Å². The largest absolute Gasteiger partial charge is 0.378 e. The molecule has 32 heavy (non-hydrogen) atoms. The van der Waals surface area contributed by atoms with Crippen molar-refractivity contribution in [2.24, 2.45) is 0 Å². The minimum Gasteiger partial charge on any atom is -0.378 e. The highest BCUT2D eigenvalue weighted by Crippen LogP contribution is 2.35. The first-order valence-corrected chi connectivity index (χ1v) is 12.4. The molecule has 0 aliphatic heterocycles. The van der Waals surface area contributed by atoms with Crippen molar-refractivity contribution in [3.05, 3.63) is 77.4 Å². The van der Waals surface area contributed by atoms with Crippen LogP contribution in [0.4, 0.5) is 5.69 Å². The number of anilines is 1. The van der Waals surface area contributed by atoms with Crippen LogP contribution in [0.3, 0.4) is 0 Å². The quantitative estimate of drug-likeness (QED) is 0.464. The number of benzene rings is 3. The number of sulfone groups is 1. The minimum atomic E-state index is -3.30. The Labute approximate surface area is 186 Å². The van der Waals surface area contributed by atoms with Gasteiger partial charge in [-0.3, -0.25) is 5.10 Å². The third-order valence-corrected chi connectivity index (χ3v) is 7.14. The monoisotopic (exact) mass is 442 g/mol. The number of nitrogens with zero attached hydrogens (tertiary/aromatic N) is 2. The van der Waals surface area contributed by atoms with Crippen molar-refractivity contribution in [2.45, 2.75) is 30.2 Å². The number of nitrogens with one attached hydrogen (secondary N) is 2. The van der Waals surface area contributed by atoms with E-state index in [4.69, 9.17) is 0 Å². The number of nitriles is 1. The van der Waals surface area contributed by atoms with Crippen molar-refractivity contribution < 1.29 is 8.42 Å². The van der Waals surface area contributed by atoms with Crippen molar-refractivity contribution in [1.82, 2.24) is 10.2 Å². The zero-order chi connectivity index (χ0) is 22.3. The smallest absolute Gasteiger partial charge is 0.175 e. The number of aromatic nitrogens is 2. The van der Waals surface area contributed by atoms with E-state index in [2.05, 4.69) is 33.7 Å². The summed E-state index contributed by atoms with van der Waals surface area (Å²) in [6, 6.07) is 21.3. The van der Waals surface area contributed by atoms with Crippen LogP contribution < -0.4 is 5.32 Å². The molecule has 1 atom stereocenters. The summed E-state index contributed by atoms with van der Waals surface area (Å²) >= 11 is 0. The summed E-state index contributed by atoms with van der Waals surface area (Å²) in [5.74, 6) is 0. The zero-order valence-corrected chi connectivity index (χ0v) is 18.4. The lowest BCUT2D eigenvalue weighted by Gasteiger charge is -2.27. The molecule has 6 nitrogen and oxygen atoms in total. The molecular formula is C25H22N4O2S. The lowest BCUT2D eigenvalue weighted by molar-refractivity contribution is 0.600. The molecule has 3 aromatic carbocycles. The molecule has 0 radical (unpaired) electrons. The lowest BCUT2D eigenvalue weighted by atomic mass is 9.86. The van der Waals surface area contributed by atoms with Gasteiger partial charge in [0.2, 0.25) is 0 Å². The van der Waals surface area contributed by atoms with Crippen LogP contribution in [0.2, 0.25) is 0 Å². The molecule has 7 heteroatoms. The highest BCUT2D eigenvalue weighted by molar-refractivity contribution is 7.90. The fourth-order valence-corrected chi connectivity index (χ4v) is 5.10. The molecule has 5 rings (SSSR count). The zero-order valence-electron chi connectivity index (χ0n) is 17.6. The first-order chi connectivity index (χ1) is 15.4. The SMILES string of the molecule is CS(=O)(=O)c1cccc(-c2n[nH]c3ccc(NC4CCCc5cc(C#N)ccc54)cc23)c1. The van der Waals surface area contributed by atoms with Crippen LogP contribution in [0, 0.1) is 11.3 Å². The molecule has 0 bridgehead atoms. The van der Waals surface area contributed by atoms with E-state index in [1.165, 1.54) is 17.4 Å². The van der Waals surface area contributed by atoms with Gasteiger partial charge in [-0.15, -0.1) is 0 Å². The van der Waals surface area contributed by atoms with E-state index in [0.717, 1.165) is 47.1 Å². The molecule has 160 valence electrons. The van der Waals surface area contributed by atoms with Crippen molar-refractivity contribution in [3.63, 3.8) is 0 Å². The minimum absolute atomic E-state index is 0.174. The Morgan fingerprint density at radius 1 is 1.12 bits per heavy atom. The van der Waals surface area contributed by atoms with Crippen LogP contribution in [0.5, 0.6) is 0 Å². The van der Waals surface area contributed by atoms with E-state index in [1.807, 2.05) is 30.3 Å². The van der Waals surface area contributed by atoms with Crippen molar-refractivity contribution >= 4 is 26.4 Å². The molecule has 2 N–H and O–H groups in total. The normalized spacial score (nSPS) is 15.8. The molecule has 4 aromatic rings. The van der Waals surface area contributed by atoms with Crippen LogP contribution >= 0.6 is 0 Å². The fourth-order valence-electron chi connectivity index (χ4n) is 4.43. The Kier molecular flexibility index (Phi) is 4.95. The van der Waals surface area contributed by atoms with Gasteiger partial charge in [-0.05, 0) is 72.9 Å². The standard InChI is InChI=1S/C25H22N4O2S/c1-32(30,31)20-6-2-5-18(13-20)25-22-14-19(9-11-24(22)28-29-25)27-23-7-3-4-17-12-16(15-26)8-10-21(17)23/h2,5-6,8-14,23,27H,3-4,7H2,1H3,(H,28,29). The van der Waals surface area contributed by atoms with Gasteiger partial charge in [-0.25, -0.2) is 8.42 Å². The number of hydrogen-bond donors (Lipinski definition) is 2. The first kappa shape index (κ1) is 20.3. The molecule has 1 aliphatic carbocycles. The van der Waals surface area contributed by atoms with E-state index in [0.29, 0.717) is 5.56 Å². The van der Waals surface area contributed by atoms with Gasteiger partial charge < -0.3 is 5.32 Å². The Hall–Kier alpha value is -3.63. The van der Waals surface area contributed by atoms with Crippen LogP contribution in [-0.4, -0.2) is 24.9 Å². The van der Waals surface area contributed by atoms with Crippen molar-refractivity contribution in [3.8, 4) is 17.3 Å². The summed E-state index contributed by atoms with van der Waals surface area (Å²) in [6.07, 6.45) is 4.28. The summed E-state index contributed by atoms with van der Waals surface area (Å²) in [5, 5.41) is 21.3. The van der Waals surface area contributed by atoms with Crippen LogP contribution in [-0.2, 0) is 16.3 Å². The van der Waals surface area contributed by atoms with Crippen molar-refractivity contribution in [1.29, 1.82) is 5.26 Å². The lowest BCUT2D eigenvalue weighted by Crippen LogP contribution is -2.17. The van der Waals surface area contributed by atoms with Crippen LogP contribution in [0.25, 0.3) is 22.2 Å². The predicted molar refractivity (Wildman–Crippen MR) is 125 cm³/mol. The predicted octanol–water partition coefficient (Wildman–Crippen LogP) is 4.99. The van der Waals surface area contributed by atoms with E-state index in [9.17, 15) is 13.7 Å². The Balaban J connectivity index is 1.50. The van der Waals surface area contributed by atoms with Gasteiger partial charge in [0, 0.05) is 22.9 Å². The number of rotatable bonds is 4. The second-order valence-electron chi connectivity index (χ2n) is 8.25. The molecule has 0 fully saturated rings. The van der Waals surface area contributed by atoms with E-state index < -0.39 is 9.84 Å². The van der Waals surface area contributed by atoms with Gasteiger partial charge in [-0.1, -0.05) is 18.2 Å². The summed E-state index contributed by atoms with van der Waals surface area (Å²) in [6.45, 7) is 0. The molecule has 1 unspecified atom stereocenters. The highest BCUT2D eigenvalue weighted by atomic mass is 32.2. The third kappa shape index (κ3) is 3.74. The van der Waals surface area contributed by atoms with Gasteiger partial charge in [0.05, 0.1) is 28.1 Å². The van der Waals surface area contributed by atoms with E-state index >= 15 is 0 Å². The Bertz CT molecular complexity index is 1480. The maximum absolute atomic E-state index is 12.0. The van der Waals surface area contributed by atoms with Crippen LogP contribution in [0.15, 0.2) is 65.6 Å². The maximum Gasteiger partial charge on any atom is 0.175 e. The average Bonchev–Trinajstić information content (AvgIpc) is 3.22. The van der Waals surface area contributed by atoms with Crippen molar-refractivity contribution in [2.75, 3.05) is 11.6 Å². The van der Waals surface area contributed by atoms with Gasteiger partial charge >= 0.3 is 0 Å². The summed E-state index contributed by atoms with van der Waals surface area (Å²) in [5.41, 5.74) is 6.50. The van der Waals surface area contributed by atoms with Gasteiger partial charge in [0.15, 0.2) is 9.84 Å². The topological polar surface area (TPSA) is 98.6 Å². The Morgan fingerprint density at radius 2 is 2.00 bits per heavy atom. The van der Waals surface area contributed by atoms with E-state index in [1.54, 1.807) is 18.2 Å². The summed E-state index contributed by atoms with van der Waals surface area (Å²) in [7, 11) is -3.30. The number of fused-ring (bicyclic) bond motifs is 2. The molecule has 1 aliphatic rings. The highest BCUT2D eigenvalue weighted by Gasteiger charge is 2.21. The maximum atomic E-state index is 12.0. The molecule has 0 amide bonds. The number of hydrogen-bond acceptors (Lipinski definition) is 5. The average molecular weight is 443 g/mol.